The second-order valence-corrected chi connectivity index (χ2v) is 3.76. The first kappa shape index (κ1) is 12.0. The van der Waals surface area contributed by atoms with Gasteiger partial charge in [0.05, 0.1) is 13.5 Å². The molecule has 2 rings (SSSR count). The highest BCUT2D eigenvalue weighted by atomic mass is 16.5. The maximum Gasteiger partial charge on any atom is 0.374 e. The van der Waals surface area contributed by atoms with Crippen LogP contribution in [0.15, 0.2) is 30.5 Å². The standard InChI is InChI=1S/C13H11NO4/c1-18-13(17)12(16)6-11(15)9-7-14-10-5-3-2-4-8(9)10/h2-5,7,14H,6H2,1H3. The lowest BCUT2D eigenvalue weighted by Crippen LogP contribution is -2.19. The molecule has 5 heteroatoms. The number of para-hydroxylation sites is 1. The average molecular weight is 245 g/mol. The third-order valence-electron chi connectivity index (χ3n) is 2.62. The Hall–Kier alpha value is -2.43. The Morgan fingerprint density at radius 3 is 2.67 bits per heavy atom. The van der Waals surface area contributed by atoms with Crippen molar-refractivity contribution in [2.24, 2.45) is 0 Å². The normalized spacial score (nSPS) is 10.3. The van der Waals surface area contributed by atoms with Crippen LogP contribution in [0.4, 0.5) is 0 Å². The fraction of sp³-hybridized carbons (Fsp3) is 0.154. The van der Waals surface area contributed by atoms with Crippen molar-refractivity contribution >= 4 is 28.4 Å². The number of Topliss-reactive ketones (excluding diaryl/α,β-unsaturated/α-hetero) is 2. The molecule has 0 bridgehead atoms. The molecule has 0 saturated carbocycles. The number of hydrogen-bond acceptors (Lipinski definition) is 4. The van der Waals surface area contributed by atoms with E-state index in [1.54, 1.807) is 12.1 Å². The van der Waals surface area contributed by atoms with E-state index in [9.17, 15) is 14.4 Å². The Morgan fingerprint density at radius 1 is 1.22 bits per heavy atom. The van der Waals surface area contributed by atoms with Crippen LogP contribution in [-0.2, 0) is 14.3 Å². The number of nitrogens with one attached hydrogen (secondary N) is 1. The number of carbonyl (C=O) groups is 3. The van der Waals surface area contributed by atoms with E-state index in [2.05, 4.69) is 9.72 Å². The molecule has 0 saturated heterocycles. The summed E-state index contributed by atoms with van der Waals surface area (Å²) in [5.41, 5.74) is 1.22. The zero-order valence-corrected chi connectivity index (χ0v) is 9.73. The molecule has 0 amide bonds. The predicted octanol–water partition coefficient (Wildman–Crippen LogP) is 1.48. The second kappa shape index (κ2) is 4.83. The number of H-pyrrole nitrogens is 1. The van der Waals surface area contributed by atoms with Gasteiger partial charge in [0.2, 0.25) is 5.78 Å². The van der Waals surface area contributed by atoms with Crippen LogP contribution in [0.5, 0.6) is 0 Å². The van der Waals surface area contributed by atoms with Gasteiger partial charge >= 0.3 is 5.97 Å². The highest BCUT2D eigenvalue weighted by molar-refractivity contribution is 6.38. The SMILES string of the molecule is COC(=O)C(=O)CC(=O)c1c[nH]c2ccccc12. The number of ketones is 2. The van der Waals surface area contributed by atoms with Gasteiger partial charge in [0.25, 0.3) is 0 Å². The number of hydrogen-bond donors (Lipinski definition) is 1. The van der Waals surface area contributed by atoms with E-state index in [1.165, 1.54) is 6.20 Å². The molecule has 0 aliphatic rings. The highest BCUT2D eigenvalue weighted by Crippen LogP contribution is 2.19. The first-order valence-electron chi connectivity index (χ1n) is 5.34. The summed E-state index contributed by atoms with van der Waals surface area (Å²) in [6.45, 7) is 0. The molecule has 1 aromatic carbocycles. The predicted molar refractivity (Wildman–Crippen MR) is 64.3 cm³/mol. The van der Waals surface area contributed by atoms with Gasteiger partial charge in [-0.25, -0.2) is 4.79 Å². The number of rotatable bonds is 4. The fourth-order valence-electron chi connectivity index (χ4n) is 1.73. The average Bonchev–Trinajstić information content (AvgIpc) is 2.81. The van der Waals surface area contributed by atoms with Crippen molar-refractivity contribution < 1.29 is 19.1 Å². The molecule has 92 valence electrons. The maximum absolute atomic E-state index is 11.9. The van der Waals surface area contributed by atoms with E-state index in [0.29, 0.717) is 5.56 Å². The van der Waals surface area contributed by atoms with Crippen molar-refractivity contribution in [2.75, 3.05) is 7.11 Å². The van der Waals surface area contributed by atoms with Crippen LogP contribution < -0.4 is 0 Å². The minimum Gasteiger partial charge on any atom is -0.463 e. The van der Waals surface area contributed by atoms with Gasteiger partial charge in [-0.3, -0.25) is 9.59 Å². The van der Waals surface area contributed by atoms with Crippen LogP contribution in [0.3, 0.4) is 0 Å². The van der Waals surface area contributed by atoms with Crippen molar-refractivity contribution in [2.45, 2.75) is 6.42 Å². The van der Waals surface area contributed by atoms with Crippen LogP contribution >= 0.6 is 0 Å². The van der Waals surface area contributed by atoms with Gasteiger partial charge in [0.1, 0.15) is 0 Å². The molecule has 1 heterocycles. The van der Waals surface area contributed by atoms with Crippen molar-refractivity contribution in [1.29, 1.82) is 0 Å². The monoisotopic (exact) mass is 245 g/mol. The first-order chi connectivity index (χ1) is 8.63. The molecule has 18 heavy (non-hydrogen) atoms. The zero-order chi connectivity index (χ0) is 13.1. The number of carbonyl (C=O) groups excluding carboxylic acids is 3. The van der Waals surface area contributed by atoms with Crippen LogP contribution in [0.1, 0.15) is 16.8 Å². The van der Waals surface area contributed by atoms with Crippen LogP contribution in [0.2, 0.25) is 0 Å². The van der Waals surface area contributed by atoms with Gasteiger partial charge in [-0.05, 0) is 6.07 Å². The molecule has 0 aliphatic carbocycles. The molecule has 1 aromatic heterocycles. The lowest BCUT2D eigenvalue weighted by molar-refractivity contribution is -0.151. The Balaban J connectivity index is 2.24. The van der Waals surface area contributed by atoms with Crippen molar-refractivity contribution in [3.63, 3.8) is 0 Å². The number of methoxy groups -OCH3 is 1. The van der Waals surface area contributed by atoms with Crippen LogP contribution in [-0.4, -0.2) is 29.6 Å². The lowest BCUT2D eigenvalue weighted by Gasteiger charge is -1.98. The fourth-order valence-corrected chi connectivity index (χ4v) is 1.73. The molecule has 0 unspecified atom stereocenters. The quantitative estimate of drug-likeness (QED) is 0.383. The van der Waals surface area contributed by atoms with Gasteiger partial charge < -0.3 is 9.72 Å². The van der Waals surface area contributed by atoms with E-state index >= 15 is 0 Å². The Kier molecular flexibility index (Phi) is 3.23. The summed E-state index contributed by atoms with van der Waals surface area (Å²) in [5, 5.41) is 0.736. The van der Waals surface area contributed by atoms with Crippen LogP contribution in [0, 0.1) is 0 Å². The molecular weight excluding hydrogens is 234 g/mol. The van der Waals surface area contributed by atoms with Crippen LogP contribution in [0.25, 0.3) is 10.9 Å². The van der Waals surface area contributed by atoms with E-state index in [1.807, 2.05) is 12.1 Å². The minimum absolute atomic E-state index is 0.400. The molecule has 0 aliphatic heterocycles. The summed E-state index contributed by atoms with van der Waals surface area (Å²) in [7, 11) is 1.11. The smallest absolute Gasteiger partial charge is 0.374 e. The minimum atomic E-state index is -0.997. The lowest BCUT2D eigenvalue weighted by atomic mass is 10.1. The summed E-state index contributed by atoms with van der Waals surface area (Å²) in [6, 6.07) is 7.25. The molecule has 0 spiro atoms. The van der Waals surface area contributed by atoms with E-state index < -0.39 is 24.0 Å². The van der Waals surface area contributed by atoms with E-state index in [0.717, 1.165) is 18.0 Å². The summed E-state index contributed by atoms with van der Waals surface area (Å²) in [6.07, 6.45) is 1.06. The van der Waals surface area contributed by atoms with Crippen molar-refractivity contribution in [1.82, 2.24) is 4.98 Å². The molecule has 5 nitrogen and oxygen atoms in total. The third-order valence-corrected chi connectivity index (χ3v) is 2.62. The number of fused-ring (bicyclic) bond motifs is 1. The van der Waals surface area contributed by atoms with E-state index in [4.69, 9.17) is 0 Å². The van der Waals surface area contributed by atoms with Gasteiger partial charge in [0.15, 0.2) is 5.78 Å². The molecule has 2 aromatic rings. The number of ether oxygens (including phenoxy) is 1. The highest BCUT2D eigenvalue weighted by Gasteiger charge is 2.21. The second-order valence-electron chi connectivity index (χ2n) is 3.76. The third kappa shape index (κ3) is 2.15. The topological polar surface area (TPSA) is 76.2 Å². The summed E-state index contributed by atoms with van der Waals surface area (Å²) in [5.74, 6) is -2.24. The Bertz CT molecular complexity index is 627. The summed E-state index contributed by atoms with van der Waals surface area (Å²) >= 11 is 0. The summed E-state index contributed by atoms with van der Waals surface area (Å²) in [4.78, 5) is 37.1. The first-order valence-corrected chi connectivity index (χ1v) is 5.34. The number of aromatic amines is 1. The number of esters is 1. The largest absolute Gasteiger partial charge is 0.463 e. The van der Waals surface area contributed by atoms with Crippen molar-refractivity contribution in [3.8, 4) is 0 Å². The molecule has 1 N–H and O–H groups in total. The van der Waals surface area contributed by atoms with Gasteiger partial charge in [-0.15, -0.1) is 0 Å². The molecular formula is C13H11NO4. The zero-order valence-electron chi connectivity index (χ0n) is 9.73. The van der Waals surface area contributed by atoms with Gasteiger partial charge in [-0.1, -0.05) is 18.2 Å². The Morgan fingerprint density at radius 2 is 1.94 bits per heavy atom. The number of aromatic nitrogens is 1. The van der Waals surface area contributed by atoms with Gasteiger partial charge in [-0.2, -0.15) is 0 Å². The van der Waals surface area contributed by atoms with Crippen molar-refractivity contribution in [3.05, 3.63) is 36.0 Å². The molecule has 0 radical (unpaired) electrons. The molecule has 0 atom stereocenters. The Labute approximate surface area is 103 Å². The maximum atomic E-state index is 11.9. The summed E-state index contributed by atoms with van der Waals surface area (Å²) < 4.78 is 4.27. The number of benzene rings is 1. The van der Waals surface area contributed by atoms with Gasteiger partial charge in [0, 0.05) is 22.7 Å². The molecule has 0 fully saturated rings. The van der Waals surface area contributed by atoms with E-state index in [-0.39, 0.29) is 0 Å².